The maximum absolute atomic E-state index is 5.85. The number of aryl methyl sites for hydroxylation is 1. The molecule has 0 aromatic heterocycles. The molecule has 0 aliphatic carbocycles. The number of hydrogen-bond donors (Lipinski definition) is 1. The van der Waals surface area contributed by atoms with E-state index in [1.165, 1.54) is 16.7 Å². The molecule has 0 unspecified atom stereocenters. The summed E-state index contributed by atoms with van der Waals surface area (Å²) in [6.07, 6.45) is 0. The van der Waals surface area contributed by atoms with Crippen LogP contribution in [0.2, 0.25) is 0 Å². The van der Waals surface area contributed by atoms with Crippen LogP contribution < -0.4 is 15.4 Å². The van der Waals surface area contributed by atoms with E-state index in [1.807, 2.05) is 12.1 Å². The molecule has 19 heavy (non-hydrogen) atoms. The predicted molar refractivity (Wildman–Crippen MR) is 78.5 cm³/mol. The maximum Gasteiger partial charge on any atom is 0.142 e. The molecular formula is C16H18N2O. The van der Waals surface area contributed by atoms with Crippen LogP contribution in [0.1, 0.15) is 16.7 Å². The Bertz CT molecular complexity index is 622. The second-order valence-corrected chi connectivity index (χ2v) is 5.06. The molecule has 98 valence electrons. The lowest BCUT2D eigenvalue weighted by atomic mass is 10.1. The minimum atomic E-state index is 0.830. The van der Waals surface area contributed by atoms with Gasteiger partial charge in [0.05, 0.1) is 12.8 Å². The Morgan fingerprint density at radius 2 is 1.84 bits per heavy atom. The lowest BCUT2D eigenvalue weighted by Gasteiger charge is -2.21. The highest BCUT2D eigenvalue weighted by Gasteiger charge is 2.21. The van der Waals surface area contributed by atoms with Gasteiger partial charge in [-0.2, -0.15) is 0 Å². The fourth-order valence-corrected chi connectivity index (χ4v) is 2.63. The molecule has 0 radical (unpaired) electrons. The molecule has 0 saturated heterocycles. The van der Waals surface area contributed by atoms with Crippen molar-refractivity contribution in [3.05, 3.63) is 53.1 Å². The normalized spacial score (nSPS) is 13.5. The highest BCUT2D eigenvalue weighted by atomic mass is 16.5. The molecule has 0 fully saturated rings. The topological polar surface area (TPSA) is 38.5 Å². The Kier molecular flexibility index (Phi) is 2.82. The number of ether oxygens (including phenoxy) is 1. The number of nitrogens with zero attached hydrogens (tertiary/aromatic N) is 1. The molecule has 1 heterocycles. The summed E-state index contributed by atoms with van der Waals surface area (Å²) in [6, 6.07) is 12.4. The third-order valence-corrected chi connectivity index (χ3v) is 3.63. The fourth-order valence-electron chi connectivity index (χ4n) is 2.63. The van der Waals surface area contributed by atoms with E-state index in [0.29, 0.717) is 0 Å². The summed E-state index contributed by atoms with van der Waals surface area (Å²) in [6.45, 7) is 3.90. The van der Waals surface area contributed by atoms with Crippen LogP contribution in [0.15, 0.2) is 36.4 Å². The van der Waals surface area contributed by atoms with Gasteiger partial charge in [-0.25, -0.2) is 0 Å². The Hall–Kier alpha value is -2.16. The van der Waals surface area contributed by atoms with Crippen LogP contribution in [-0.2, 0) is 13.1 Å². The SMILES string of the molecule is COc1ccc(C)cc1N1Cc2ccc(N)cc2C1. The summed E-state index contributed by atoms with van der Waals surface area (Å²) in [7, 11) is 1.72. The van der Waals surface area contributed by atoms with Crippen molar-refractivity contribution in [2.24, 2.45) is 0 Å². The molecule has 2 aromatic carbocycles. The van der Waals surface area contributed by atoms with Gasteiger partial charge in [-0.05, 0) is 47.9 Å². The molecule has 3 nitrogen and oxygen atoms in total. The molecule has 0 bridgehead atoms. The second-order valence-electron chi connectivity index (χ2n) is 5.06. The Balaban J connectivity index is 1.96. The lowest BCUT2D eigenvalue weighted by molar-refractivity contribution is 0.414. The molecule has 0 amide bonds. The molecule has 0 atom stereocenters. The molecule has 3 heteroatoms. The number of benzene rings is 2. The number of nitrogens with two attached hydrogens (primary N) is 1. The fraction of sp³-hybridized carbons (Fsp3) is 0.250. The highest BCUT2D eigenvalue weighted by Crippen LogP contribution is 2.35. The molecule has 0 spiro atoms. The second kappa shape index (κ2) is 4.50. The van der Waals surface area contributed by atoms with Gasteiger partial charge in [0.15, 0.2) is 0 Å². The standard InChI is InChI=1S/C16H18N2O/c1-11-3-6-16(19-2)15(7-11)18-9-12-4-5-14(17)8-13(12)10-18/h3-8H,9-10,17H2,1-2H3. The van der Waals surface area contributed by atoms with E-state index >= 15 is 0 Å². The Morgan fingerprint density at radius 3 is 2.63 bits per heavy atom. The van der Waals surface area contributed by atoms with Gasteiger partial charge in [-0.3, -0.25) is 0 Å². The molecule has 2 aromatic rings. The van der Waals surface area contributed by atoms with E-state index in [-0.39, 0.29) is 0 Å². The van der Waals surface area contributed by atoms with E-state index in [0.717, 1.165) is 30.2 Å². The van der Waals surface area contributed by atoms with Gasteiger partial charge in [0.25, 0.3) is 0 Å². The van der Waals surface area contributed by atoms with Crippen LogP contribution in [0.25, 0.3) is 0 Å². The zero-order chi connectivity index (χ0) is 13.4. The van der Waals surface area contributed by atoms with Crippen LogP contribution in [0, 0.1) is 6.92 Å². The van der Waals surface area contributed by atoms with Crippen molar-refractivity contribution in [1.29, 1.82) is 0 Å². The minimum absolute atomic E-state index is 0.830. The zero-order valence-electron chi connectivity index (χ0n) is 11.3. The average molecular weight is 254 g/mol. The summed E-state index contributed by atoms with van der Waals surface area (Å²) >= 11 is 0. The molecule has 1 aliphatic rings. The summed E-state index contributed by atoms with van der Waals surface area (Å²) in [5.41, 5.74) is 11.7. The lowest BCUT2D eigenvalue weighted by Crippen LogP contribution is -2.15. The van der Waals surface area contributed by atoms with Crippen molar-refractivity contribution in [2.45, 2.75) is 20.0 Å². The van der Waals surface area contributed by atoms with Crippen molar-refractivity contribution in [1.82, 2.24) is 0 Å². The third-order valence-electron chi connectivity index (χ3n) is 3.63. The van der Waals surface area contributed by atoms with Gasteiger partial charge >= 0.3 is 0 Å². The number of hydrogen-bond acceptors (Lipinski definition) is 3. The van der Waals surface area contributed by atoms with Crippen LogP contribution in [0.4, 0.5) is 11.4 Å². The summed E-state index contributed by atoms with van der Waals surface area (Å²) < 4.78 is 5.47. The van der Waals surface area contributed by atoms with E-state index in [4.69, 9.17) is 10.5 Å². The summed E-state index contributed by atoms with van der Waals surface area (Å²) in [5.74, 6) is 0.923. The van der Waals surface area contributed by atoms with E-state index < -0.39 is 0 Å². The molecule has 1 aliphatic heterocycles. The van der Waals surface area contributed by atoms with Crippen molar-refractivity contribution in [2.75, 3.05) is 17.7 Å². The van der Waals surface area contributed by atoms with E-state index in [9.17, 15) is 0 Å². The monoisotopic (exact) mass is 254 g/mol. The number of nitrogen functional groups attached to an aromatic ring is 1. The van der Waals surface area contributed by atoms with E-state index in [2.05, 4.69) is 36.1 Å². The summed E-state index contributed by atoms with van der Waals surface area (Å²) in [5, 5.41) is 0. The number of anilines is 2. The quantitative estimate of drug-likeness (QED) is 0.837. The summed E-state index contributed by atoms with van der Waals surface area (Å²) in [4.78, 5) is 2.33. The molecule has 0 saturated carbocycles. The molecule has 2 N–H and O–H groups in total. The van der Waals surface area contributed by atoms with Gasteiger partial charge in [0.2, 0.25) is 0 Å². The first-order valence-corrected chi connectivity index (χ1v) is 6.44. The van der Waals surface area contributed by atoms with E-state index in [1.54, 1.807) is 7.11 Å². The highest BCUT2D eigenvalue weighted by molar-refractivity contribution is 5.63. The molecular weight excluding hydrogens is 236 g/mol. The van der Waals surface area contributed by atoms with Crippen molar-refractivity contribution < 1.29 is 4.74 Å². The number of fused-ring (bicyclic) bond motifs is 1. The first kappa shape index (κ1) is 11.9. The maximum atomic E-state index is 5.85. The first-order chi connectivity index (χ1) is 9.17. The first-order valence-electron chi connectivity index (χ1n) is 6.44. The smallest absolute Gasteiger partial charge is 0.142 e. The third kappa shape index (κ3) is 2.12. The predicted octanol–water partition coefficient (Wildman–Crippen LogP) is 3.11. The van der Waals surface area contributed by atoms with Crippen LogP contribution >= 0.6 is 0 Å². The minimum Gasteiger partial charge on any atom is -0.495 e. The largest absolute Gasteiger partial charge is 0.495 e. The number of methoxy groups -OCH3 is 1. The molecule has 3 rings (SSSR count). The Labute approximate surface area is 113 Å². The van der Waals surface area contributed by atoms with Gasteiger partial charge in [-0.1, -0.05) is 12.1 Å². The van der Waals surface area contributed by atoms with Crippen LogP contribution in [0.3, 0.4) is 0 Å². The number of rotatable bonds is 2. The van der Waals surface area contributed by atoms with Gasteiger partial charge in [-0.15, -0.1) is 0 Å². The Morgan fingerprint density at radius 1 is 1.05 bits per heavy atom. The van der Waals surface area contributed by atoms with Gasteiger partial charge in [0.1, 0.15) is 5.75 Å². The average Bonchev–Trinajstić information content (AvgIpc) is 2.81. The van der Waals surface area contributed by atoms with Crippen molar-refractivity contribution in [3.8, 4) is 5.75 Å². The van der Waals surface area contributed by atoms with Gasteiger partial charge in [0, 0.05) is 18.8 Å². The van der Waals surface area contributed by atoms with Crippen molar-refractivity contribution >= 4 is 11.4 Å². The zero-order valence-corrected chi connectivity index (χ0v) is 11.3. The van der Waals surface area contributed by atoms with Gasteiger partial charge < -0.3 is 15.4 Å². The van der Waals surface area contributed by atoms with Crippen LogP contribution in [0.5, 0.6) is 5.75 Å². The van der Waals surface area contributed by atoms with Crippen molar-refractivity contribution in [3.63, 3.8) is 0 Å². The van der Waals surface area contributed by atoms with Crippen LogP contribution in [-0.4, -0.2) is 7.11 Å².